The quantitative estimate of drug-likeness (QED) is 0.0287. The van der Waals surface area contributed by atoms with Crippen LogP contribution in [-0.4, -0.2) is 128 Å². The van der Waals surface area contributed by atoms with Crippen LogP contribution in [0.25, 0.3) is 0 Å². The number of nitrogens with one attached hydrogen (secondary N) is 2. The maximum Gasteiger partial charge on any atom is 0.311 e. The van der Waals surface area contributed by atoms with Gasteiger partial charge in [0.05, 0.1) is 44.6 Å². The number of carboxylic acids is 3. The molecule has 2 amide bonds. The Morgan fingerprint density at radius 3 is 1.48 bits per heavy atom. The van der Waals surface area contributed by atoms with Crippen molar-refractivity contribution in [2.24, 2.45) is 11.4 Å². The fourth-order valence-electron chi connectivity index (χ4n) is 6.68. The third-order valence-electron chi connectivity index (χ3n) is 10.4. The van der Waals surface area contributed by atoms with Gasteiger partial charge in [0.2, 0.25) is 11.8 Å². The van der Waals surface area contributed by atoms with Crippen molar-refractivity contribution < 1.29 is 67.8 Å². The van der Waals surface area contributed by atoms with Crippen molar-refractivity contribution in [3.8, 4) is 0 Å². The first-order valence-electron chi connectivity index (χ1n) is 23.5. The first-order chi connectivity index (χ1) is 30.5. The van der Waals surface area contributed by atoms with Crippen LogP contribution in [0.2, 0.25) is 0 Å². The van der Waals surface area contributed by atoms with Crippen LogP contribution in [0, 0.1) is 5.92 Å². The average molecular weight is 920 g/mol. The van der Waals surface area contributed by atoms with E-state index >= 15 is 0 Å². The number of unbranched alkanes of at least 4 members (excludes halogenated alkanes) is 16. The monoisotopic (exact) mass is 920 g/mol. The highest BCUT2D eigenvalue weighted by atomic mass is 31.1. The molecule has 3 atom stereocenters. The molecule has 0 aliphatic rings. The summed E-state index contributed by atoms with van der Waals surface area (Å²) in [5.41, 5.74) is 4.92. The molecule has 0 saturated heterocycles. The summed E-state index contributed by atoms with van der Waals surface area (Å²) in [6, 6.07) is 0. The minimum Gasteiger partial charge on any atom is -0.481 e. The van der Waals surface area contributed by atoms with E-state index in [-0.39, 0.29) is 117 Å². The molecule has 0 heterocycles. The zero-order valence-corrected chi connectivity index (χ0v) is 39.0. The number of Topliss-reactive ketones (excluding diaryl/α,β-unsaturated/α-hetero) is 2. The number of amides is 2. The predicted octanol–water partition coefficient (Wildman–Crippen LogP) is 6.36. The molecule has 17 nitrogen and oxygen atoms in total. The average Bonchev–Trinajstić information content (AvgIpc) is 3.24. The number of carbonyl (C=O) groups is 7. The van der Waals surface area contributed by atoms with Gasteiger partial charge in [-0.05, 0) is 47.3 Å². The molecule has 18 heteroatoms. The number of ether oxygens (including phenoxy) is 4. The Balaban J connectivity index is 3.64. The van der Waals surface area contributed by atoms with E-state index in [1.165, 1.54) is 57.8 Å². The molecule has 0 bridgehead atoms. The second-order valence-corrected chi connectivity index (χ2v) is 17.1. The van der Waals surface area contributed by atoms with Gasteiger partial charge >= 0.3 is 17.9 Å². The molecule has 0 radical (unpaired) electrons. The number of carbonyl (C=O) groups excluding carboxylic acids is 4. The zero-order valence-electron chi connectivity index (χ0n) is 38.0. The van der Waals surface area contributed by atoms with Crippen molar-refractivity contribution in [2.45, 2.75) is 173 Å². The summed E-state index contributed by atoms with van der Waals surface area (Å²) in [7, 11) is -0.143. The van der Waals surface area contributed by atoms with Crippen LogP contribution < -0.4 is 16.1 Å². The van der Waals surface area contributed by atoms with Gasteiger partial charge in [0.15, 0.2) is 5.78 Å². The molecule has 1 unspecified atom stereocenters. The maximum absolute atomic E-state index is 12.5. The zero-order chi connectivity index (χ0) is 46.6. The van der Waals surface area contributed by atoms with Gasteiger partial charge in [-0.2, -0.15) is 0 Å². The first-order valence-corrected chi connectivity index (χ1v) is 24.6. The van der Waals surface area contributed by atoms with E-state index in [9.17, 15) is 38.7 Å². The molecule has 63 heavy (non-hydrogen) atoms. The largest absolute Gasteiger partial charge is 0.481 e. The molecule has 0 aromatic heterocycles. The number of aliphatic carboxylic acids is 3. The molecule has 0 rings (SSSR count). The van der Waals surface area contributed by atoms with Crippen LogP contribution in [0.15, 0.2) is 0 Å². The lowest BCUT2D eigenvalue weighted by atomic mass is 9.94. The Labute approximate surface area is 377 Å². The highest BCUT2D eigenvalue weighted by Crippen LogP contribution is 2.18. The molecular weight excluding hydrogens is 837 g/mol. The molecule has 0 saturated carbocycles. The molecule has 0 aromatic carbocycles. The summed E-state index contributed by atoms with van der Waals surface area (Å²) < 4.78 is 21.5. The molecule has 0 fully saturated rings. The van der Waals surface area contributed by atoms with Crippen molar-refractivity contribution in [3.05, 3.63) is 0 Å². The predicted molar refractivity (Wildman–Crippen MR) is 242 cm³/mol. The molecule has 366 valence electrons. The molecule has 0 aliphatic heterocycles. The molecule has 7 N–H and O–H groups in total. The summed E-state index contributed by atoms with van der Waals surface area (Å²) in [5.74, 6) is -4.27. The summed E-state index contributed by atoms with van der Waals surface area (Å²) in [6.45, 7) is 2.06. The van der Waals surface area contributed by atoms with Gasteiger partial charge in [-0.15, -0.1) is 0 Å². The summed E-state index contributed by atoms with van der Waals surface area (Å²) >= 11 is 0. The third-order valence-corrected chi connectivity index (χ3v) is 11.4. The van der Waals surface area contributed by atoms with Gasteiger partial charge in [0, 0.05) is 51.8 Å². The van der Waals surface area contributed by atoms with E-state index in [1.54, 1.807) is 0 Å². The standard InChI is InChI=1S/C45H82N3O14P/c46-63-40(45(57)58)22-17-18-26-47-42(52)36-62-33-30-59-28-19-21-39(50)35-61-32-31-60-29-27-48-41(51)25-24-37(44(55)56)34-38(49)20-15-13-11-9-7-5-3-1-2-4-6-8-10-12-14-16-23-43(53)54/h37,40,63H,1-36,46H2,(H,47,52)(H,48,51)(H,53,54)(H,55,56)(H,57,58)/t37-,40+/m1/s1. The van der Waals surface area contributed by atoms with Crippen molar-refractivity contribution in [2.75, 3.05) is 65.9 Å². The smallest absolute Gasteiger partial charge is 0.311 e. The van der Waals surface area contributed by atoms with Crippen molar-refractivity contribution in [1.29, 1.82) is 0 Å². The summed E-state index contributed by atoms with van der Waals surface area (Å²) in [5, 5.41) is 32.6. The van der Waals surface area contributed by atoms with Gasteiger partial charge in [-0.3, -0.25) is 33.6 Å². The highest BCUT2D eigenvalue weighted by molar-refractivity contribution is 7.37. The fraction of sp³-hybridized carbons (Fsp3) is 0.844. The minimum absolute atomic E-state index is 0.00267. The Morgan fingerprint density at radius 1 is 0.444 bits per heavy atom. The molecule has 0 aliphatic carbocycles. The second kappa shape index (κ2) is 44.1. The van der Waals surface area contributed by atoms with Crippen LogP contribution in [0.4, 0.5) is 0 Å². The Bertz CT molecular complexity index is 1230. The van der Waals surface area contributed by atoms with E-state index in [2.05, 4.69) is 10.6 Å². The highest BCUT2D eigenvalue weighted by Gasteiger charge is 2.22. The van der Waals surface area contributed by atoms with Gasteiger partial charge in [-0.25, -0.2) is 0 Å². The second-order valence-electron chi connectivity index (χ2n) is 16.1. The van der Waals surface area contributed by atoms with E-state index in [0.29, 0.717) is 45.3 Å². The third kappa shape index (κ3) is 42.6. The number of nitrogens with two attached hydrogens (primary N) is 1. The summed E-state index contributed by atoms with van der Waals surface area (Å²) in [6.07, 6.45) is 21.3. The van der Waals surface area contributed by atoms with Gasteiger partial charge < -0.3 is 50.4 Å². The Kier molecular flexibility index (Phi) is 42.0. The lowest BCUT2D eigenvalue weighted by Gasteiger charge is -2.12. The van der Waals surface area contributed by atoms with Crippen LogP contribution in [-0.2, 0) is 52.5 Å². The maximum atomic E-state index is 12.5. The van der Waals surface area contributed by atoms with E-state index < -0.39 is 29.5 Å². The van der Waals surface area contributed by atoms with Crippen LogP contribution >= 0.6 is 8.73 Å². The van der Waals surface area contributed by atoms with Crippen molar-refractivity contribution in [3.63, 3.8) is 0 Å². The number of ketones is 2. The SMILES string of the molecule is NP[C@@H](CCCCNC(=O)COCCOCCCC(=O)COCCOCCNC(=O)CC[C@H](CC(=O)CCCCCCCCCCCCCCCCCCC(=O)O)C(=O)O)C(=O)O. The molecule has 0 spiro atoms. The number of hydrogen-bond donors (Lipinski definition) is 6. The van der Waals surface area contributed by atoms with Crippen LogP contribution in [0.3, 0.4) is 0 Å². The van der Waals surface area contributed by atoms with E-state index in [1.807, 2.05) is 0 Å². The van der Waals surface area contributed by atoms with Crippen LogP contribution in [0.1, 0.15) is 167 Å². The minimum atomic E-state index is -1.07. The van der Waals surface area contributed by atoms with Gasteiger partial charge in [0.1, 0.15) is 19.0 Å². The topological polar surface area (TPSA) is 267 Å². The Morgan fingerprint density at radius 2 is 0.937 bits per heavy atom. The first kappa shape index (κ1) is 59.9. The molecular formula is C45H82N3O14P. The Hall–Kier alpha value is -3.08. The van der Waals surface area contributed by atoms with Crippen molar-refractivity contribution >= 4 is 50.0 Å². The van der Waals surface area contributed by atoms with E-state index in [0.717, 1.165) is 44.9 Å². The van der Waals surface area contributed by atoms with Crippen LogP contribution in [0.5, 0.6) is 0 Å². The molecule has 0 aromatic rings. The van der Waals surface area contributed by atoms with Crippen molar-refractivity contribution in [1.82, 2.24) is 10.6 Å². The van der Waals surface area contributed by atoms with Gasteiger partial charge in [0.25, 0.3) is 0 Å². The normalized spacial score (nSPS) is 12.3. The summed E-state index contributed by atoms with van der Waals surface area (Å²) in [4.78, 5) is 81.7. The van der Waals surface area contributed by atoms with Gasteiger partial charge in [-0.1, -0.05) is 96.3 Å². The number of rotatable bonds is 49. The van der Waals surface area contributed by atoms with E-state index in [4.69, 9.17) is 34.7 Å². The lowest BCUT2D eigenvalue weighted by Crippen LogP contribution is -2.29. The number of hydrogen-bond acceptors (Lipinski definition) is 12. The fourth-order valence-corrected chi connectivity index (χ4v) is 7.20. The number of carboxylic acid groups (broad SMARTS) is 3. The lowest BCUT2D eigenvalue weighted by molar-refractivity contribution is -0.144.